The maximum absolute atomic E-state index is 13.5. The molecule has 1 N–H and O–H groups in total. The van der Waals surface area contributed by atoms with E-state index in [2.05, 4.69) is 15.2 Å². The molecule has 0 aliphatic carbocycles. The van der Waals surface area contributed by atoms with E-state index in [-0.39, 0.29) is 29.6 Å². The van der Waals surface area contributed by atoms with E-state index >= 15 is 0 Å². The summed E-state index contributed by atoms with van der Waals surface area (Å²) >= 11 is 0. The number of rotatable bonds is 3. The predicted octanol–water partition coefficient (Wildman–Crippen LogP) is 2.15. The van der Waals surface area contributed by atoms with Crippen LogP contribution >= 0.6 is 0 Å². The summed E-state index contributed by atoms with van der Waals surface area (Å²) in [5, 5.41) is 4.01. The number of fused-ring (bicyclic) bond motifs is 5. The van der Waals surface area contributed by atoms with E-state index in [0.717, 1.165) is 29.6 Å². The second-order valence-electron chi connectivity index (χ2n) is 11.2. The van der Waals surface area contributed by atoms with Gasteiger partial charge in [-0.1, -0.05) is 18.2 Å². The first-order chi connectivity index (χ1) is 20.5. The van der Waals surface area contributed by atoms with Crippen molar-refractivity contribution in [2.24, 2.45) is 5.92 Å². The molecule has 0 radical (unpaired) electrons. The Morgan fingerprint density at radius 2 is 1.76 bits per heavy atom. The highest BCUT2D eigenvalue weighted by Crippen LogP contribution is 2.35. The van der Waals surface area contributed by atoms with Gasteiger partial charge in [-0.2, -0.15) is 0 Å². The summed E-state index contributed by atoms with van der Waals surface area (Å²) in [4.78, 5) is 50.3. The van der Waals surface area contributed by atoms with E-state index in [0.29, 0.717) is 76.8 Å². The molecule has 2 bridgehead atoms. The number of nitrogens with zero attached hydrogens (tertiary/aromatic N) is 4. The molecule has 3 aliphatic heterocycles. The summed E-state index contributed by atoms with van der Waals surface area (Å²) < 4.78 is 11.5. The summed E-state index contributed by atoms with van der Waals surface area (Å²) in [5.41, 5.74) is 2.41. The molecule has 10 heteroatoms. The van der Waals surface area contributed by atoms with Gasteiger partial charge in [0.1, 0.15) is 12.4 Å². The summed E-state index contributed by atoms with van der Waals surface area (Å²) in [7, 11) is 0. The molecular weight excluding hydrogens is 534 g/mol. The van der Waals surface area contributed by atoms with Gasteiger partial charge >= 0.3 is 0 Å². The molecule has 220 valence electrons. The molecule has 0 unspecified atom stereocenters. The van der Waals surface area contributed by atoms with Crippen LogP contribution in [0.3, 0.4) is 0 Å². The highest BCUT2D eigenvalue weighted by atomic mass is 16.5. The first kappa shape index (κ1) is 28.1. The maximum Gasteiger partial charge on any atom is 0.253 e. The molecule has 4 heterocycles. The van der Waals surface area contributed by atoms with Crippen molar-refractivity contribution in [3.63, 3.8) is 0 Å². The minimum absolute atomic E-state index is 0.0427. The number of ether oxygens (including phenoxy) is 2. The number of amides is 3. The van der Waals surface area contributed by atoms with Crippen molar-refractivity contribution in [2.45, 2.75) is 12.3 Å². The van der Waals surface area contributed by atoms with E-state index in [1.165, 1.54) is 0 Å². The first-order valence-electron chi connectivity index (χ1n) is 14.8. The molecule has 2 fully saturated rings. The second kappa shape index (κ2) is 12.9. The Balaban J connectivity index is 1.17. The van der Waals surface area contributed by atoms with E-state index in [9.17, 15) is 14.4 Å². The van der Waals surface area contributed by atoms with Crippen molar-refractivity contribution >= 4 is 28.6 Å². The van der Waals surface area contributed by atoms with Crippen LogP contribution in [0.15, 0.2) is 60.8 Å². The van der Waals surface area contributed by atoms with Crippen molar-refractivity contribution in [3.05, 3.63) is 71.9 Å². The summed E-state index contributed by atoms with van der Waals surface area (Å²) in [6.45, 7) is 5.64. The van der Waals surface area contributed by atoms with Crippen LogP contribution in [-0.2, 0) is 14.3 Å². The number of carbonyl (C=O) groups is 3. The molecule has 3 amide bonds. The second-order valence-corrected chi connectivity index (χ2v) is 11.2. The number of benzene rings is 2. The van der Waals surface area contributed by atoms with E-state index in [1.807, 2.05) is 53.4 Å². The standard InChI is InChI=1S/C32H37N5O5/c38-30(22-35-12-15-41-16-13-35)37-20-27-23-4-1-6-26(19-23)42-17-14-36(11-3-10-34-31(39)28(27)21-37)32(40)25-7-8-29-24(18-25)5-2-9-33-29/h1-2,4-9,18-19,27-28H,3,10-17,20-22H2,(H,34,39)/t27-,28+/m1/s1. The van der Waals surface area contributed by atoms with Crippen molar-refractivity contribution in [1.29, 1.82) is 0 Å². The number of hydrogen-bond acceptors (Lipinski definition) is 7. The quantitative estimate of drug-likeness (QED) is 0.514. The topological polar surface area (TPSA) is 104 Å². The minimum atomic E-state index is -0.360. The third-order valence-corrected chi connectivity index (χ3v) is 8.43. The van der Waals surface area contributed by atoms with E-state index in [4.69, 9.17) is 9.47 Å². The van der Waals surface area contributed by atoms with Crippen LogP contribution in [0.2, 0.25) is 0 Å². The summed E-state index contributed by atoms with van der Waals surface area (Å²) in [6.07, 6.45) is 2.34. The SMILES string of the molecule is O=C1NCCCN(C(=O)c2ccc3ncccc3c2)CCOc2cccc(c2)[C@H]2CN(C(=O)CN3CCOCC3)C[C@H]12. The lowest BCUT2D eigenvalue weighted by molar-refractivity contribution is -0.132. The van der Waals surface area contributed by atoms with Crippen molar-refractivity contribution < 1.29 is 23.9 Å². The number of hydrogen-bond donors (Lipinski definition) is 1. The van der Waals surface area contributed by atoms with Gasteiger partial charge in [0, 0.05) is 62.3 Å². The summed E-state index contributed by atoms with van der Waals surface area (Å²) in [5.74, 6) is 0.102. The Morgan fingerprint density at radius 3 is 2.64 bits per heavy atom. The highest BCUT2D eigenvalue weighted by Gasteiger charge is 2.40. The molecule has 42 heavy (non-hydrogen) atoms. The number of nitrogens with one attached hydrogen (secondary N) is 1. The Morgan fingerprint density at radius 1 is 0.905 bits per heavy atom. The monoisotopic (exact) mass is 571 g/mol. The van der Waals surface area contributed by atoms with Crippen molar-refractivity contribution in [3.8, 4) is 5.75 Å². The number of morpholine rings is 1. The van der Waals surface area contributed by atoms with Gasteiger partial charge < -0.3 is 24.6 Å². The van der Waals surface area contributed by atoms with Crippen LogP contribution in [-0.4, -0.2) is 110 Å². The van der Waals surface area contributed by atoms with Crippen molar-refractivity contribution in [1.82, 2.24) is 25.0 Å². The lowest BCUT2D eigenvalue weighted by Crippen LogP contribution is -2.44. The molecule has 6 rings (SSSR count). The molecule has 1 aromatic heterocycles. The Labute approximate surface area is 245 Å². The fourth-order valence-electron chi connectivity index (χ4n) is 6.09. The largest absolute Gasteiger partial charge is 0.492 e. The Kier molecular flexibility index (Phi) is 8.62. The number of likely N-dealkylation sites (tertiary alicyclic amines) is 1. The van der Waals surface area contributed by atoms with Gasteiger partial charge in [0.05, 0.1) is 37.7 Å². The third kappa shape index (κ3) is 6.39. The minimum Gasteiger partial charge on any atom is -0.492 e. The molecule has 3 aromatic rings. The average molecular weight is 572 g/mol. The van der Waals surface area contributed by atoms with Gasteiger partial charge in [-0.3, -0.25) is 24.3 Å². The van der Waals surface area contributed by atoms with Crippen LogP contribution in [0.4, 0.5) is 0 Å². The van der Waals surface area contributed by atoms with E-state index in [1.54, 1.807) is 17.2 Å². The Hall–Kier alpha value is -4.02. The predicted molar refractivity (Wildman–Crippen MR) is 157 cm³/mol. The van der Waals surface area contributed by atoms with E-state index < -0.39 is 0 Å². The Bertz CT molecular complexity index is 1440. The number of aromatic nitrogens is 1. The van der Waals surface area contributed by atoms with Crippen LogP contribution < -0.4 is 10.1 Å². The lowest BCUT2D eigenvalue weighted by Gasteiger charge is -2.28. The van der Waals surface area contributed by atoms with Crippen LogP contribution in [0, 0.1) is 5.92 Å². The summed E-state index contributed by atoms with van der Waals surface area (Å²) in [6, 6.07) is 17.1. The van der Waals surface area contributed by atoms with Gasteiger partial charge in [0.15, 0.2) is 0 Å². The van der Waals surface area contributed by atoms with Gasteiger partial charge in [-0.25, -0.2) is 0 Å². The zero-order chi connectivity index (χ0) is 28.9. The van der Waals surface area contributed by atoms with Gasteiger partial charge in [-0.05, 0) is 48.4 Å². The molecule has 3 aliphatic rings. The highest BCUT2D eigenvalue weighted by molar-refractivity contribution is 5.98. The van der Waals surface area contributed by atoms with Gasteiger partial charge in [-0.15, -0.1) is 0 Å². The van der Waals surface area contributed by atoms with Gasteiger partial charge in [0.25, 0.3) is 5.91 Å². The lowest BCUT2D eigenvalue weighted by atomic mass is 9.88. The normalized spacial score (nSPS) is 22.1. The molecule has 2 saturated heterocycles. The molecule has 10 nitrogen and oxygen atoms in total. The van der Waals surface area contributed by atoms with Crippen LogP contribution in [0.1, 0.15) is 28.3 Å². The fourth-order valence-corrected chi connectivity index (χ4v) is 6.09. The van der Waals surface area contributed by atoms with Gasteiger partial charge in [0.2, 0.25) is 11.8 Å². The van der Waals surface area contributed by atoms with Crippen molar-refractivity contribution in [2.75, 3.05) is 72.2 Å². The zero-order valence-electron chi connectivity index (χ0n) is 23.7. The first-order valence-corrected chi connectivity index (χ1v) is 14.8. The number of carbonyl (C=O) groups excluding carboxylic acids is 3. The zero-order valence-corrected chi connectivity index (χ0v) is 23.7. The molecule has 0 saturated carbocycles. The molecule has 2 atom stereocenters. The average Bonchev–Trinajstić information content (AvgIpc) is 3.48. The van der Waals surface area contributed by atoms with Crippen LogP contribution in [0.25, 0.3) is 10.9 Å². The number of pyridine rings is 1. The molecule has 2 aromatic carbocycles. The smallest absolute Gasteiger partial charge is 0.253 e. The molecule has 0 spiro atoms. The molecular formula is C32H37N5O5. The van der Waals surface area contributed by atoms with Crippen LogP contribution in [0.5, 0.6) is 5.75 Å². The maximum atomic E-state index is 13.5. The third-order valence-electron chi connectivity index (χ3n) is 8.43. The fraction of sp³-hybridized carbons (Fsp3) is 0.438.